The number of hydrogen-bond donors (Lipinski definition) is 1. The molecule has 8 nitrogen and oxygen atoms in total. The van der Waals surface area contributed by atoms with Gasteiger partial charge >= 0.3 is 5.97 Å². The van der Waals surface area contributed by atoms with Gasteiger partial charge in [0.05, 0.1) is 18.6 Å². The van der Waals surface area contributed by atoms with Crippen molar-refractivity contribution >= 4 is 17.4 Å². The lowest BCUT2D eigenvalue weighted by molar-refractivity contribution is -0.384. The summed E-state index contributed by atoms with van der Waals surface area (Å²) >= 11 is 0. The molecule has 176 valence electrons. The molecule has 34 heavy (non-hydrogen) atoms. The van der Waals surface area contributed by atoms with Crippen LogP contribution < -0.4 is 10.1 Å². The fourth-order valence-electron chi connectivity index (χ4n) is 4.86. The molecule has 2 aliphatic rings. The number of benzene rings is 2. The molecule has 0 saturated heterocycles. The summed E-state index contributed by atoms with van der Waals surface area (Å²) in [7, 11) is 1.60. The van der Waals surface area contributed by atoms with E-state index in [0.717, 1.165) is 11.3 Å². The second-order valence-corrected chi connectivity index (χ2v) is 8.40. The van der Waals surface area contributed by atoms with Crippen LogP contribution in [0.25, 0.3) is 0 Å². The summed E-state index contributed by atoms with van der Waals surface area (Å²) < 4.78 is 10.5. The first-order valence-corrected chi connectivity index (χ1v) is 11.1. The van der Waals surface area contributed by atoms with Gasteiger partial charge in [-0.3, -0.25) is 19.7 Å². The van der Waals surface area contributed by atoms with E-state index in [1.165, 1.54) is 12.1 Å². The third-order valence-corrected chi connectivity index (χ3v) is 6.41. The number of ketones is 1. The van der Waals surface area contributed by atoms with Crippen LogP contribution in [0.1, 0.15) is 42.7 Å². The number of methoxy groups -OCH3 is 1. The SMILES string of the molecule is C=C1NC2=C(C(=O)CC(c3ccc(OC)cc3)C2)C(c2cccc([N+](=O)[O-])c2)C1C(=O)OCC. The molecule has 8 heteroatoms. The number of nitrogens with zero attached hydrogens (tertiary/aromatic N) is 1. The number of hydrogen-bond acceptors (Lipinski definition) is 7. The summed E-state index contributed by atoms with van der Waals surface area (Å²) in [4.78, 5) is 37.4. The predicted octanol–water partition coefficient (Wildman–Crippen LogP) is 4.38. The van der Waals surface area contributed by atoms with E-state index in [0.29, 0.717) is 29.0 Å². The van der Waals surface area contributed by atoms with Gasteiger partial charge in [0, 0.05) is 41.4 Å². The average molecular weight is 463 g/mol. The fourth-order valence-corrected chi connectivity index (χ4v) is 4.86. The van der Waals surface area contributed by atoms with E-state index in [2.05, 4.69) is 11.9 Å². The van der Waals surface area contributed by atoms with Gasteiger partial charge in [-0.25, -0.2) is 0 Å². The minimum atomic E-state index is -0.873. The van der Waals surface area contributed by atoms with Crippen LogP contribution in [-0.2, 0) is 14.3 Å². The molecule has 1 N–H and O–H groups in total. The Morgan fingerprint density at radius 2 is 1.91 bits per heavy atom. The molecule has 1 aliphatic carbocycles. The Kier molecular flexibility index (Phi) is 6.49. The maximum atomic E-state index is 13.5. The van der Waals surface area contributed by atoms with E-state index in [9.17, 15) is 19.7 Å². The molecule has 0 fully saturated rings. The Balaban J connectivity index is 1.79. The van der Waals surface area contributed by atoms with E-state index in [1.807, 2.05) is 24.3 Å². The smallest absolute Gasteiger partial charge is 0.315 e. The molecule has 2 aromatic rings. The molecule has 1 heterocycles. The number of rotatable bonds is 6. The van der Waals surface area contributed by atoms with Crippen LogP contribution in [0.15, 0.2) is 72.1 Å². The lowest BCUT2D eigenvalue weighted by Gasteiger charge is -2.40. The van der Waals surface area contributed by atoms with Gasteiger partial charge in [-0.2, -0.15) is 0 Å². The molecule has 3 unspecified atom stereocenters. The summed E-state index contributed by atoms with van der Waals surface area (Å²) in [6.07, 6.45) is 0.813. The number of carbonyl (C=O) groups is 2. The van der Waals surface area contributed by atoms with Gasteiger partial charge in [-0.15, -0.1) is 0 Å². The number of nitro benzene ring substituents is 1. The summed E-state index contributed by atoms with van der Waals surface area (Å²) in [5.74, 6) is -1.53. The number of nitro groups is 1. The molecule has 2 aromatic carbocycles. The van der Waals surface area contributed by atoms with Crippen molar-refractivity contribution in [1.29, 1.82) is 0 Å². The van der Waals surface area contributed by atoms with Gasteiger partial charge in [-0.05, 0) is 42.5 Å². The van der Waals surface area contributed by atoms with Crippen molar-refractivity contribution in [3.63, 3.8) is 0 Å². The standard InChI is InChI=1S/C26H26N2O6/c1-4-34-26(30)23-15(2)27-21-13-18(16-8-10-20(33-3)11-9-16)14-22(29)25(21)24(23)17-6-5-7-19(12-17)28(31)32/h5-12,18,23-24,27H,2,4,13-14H2,1,3H3. The number of Topliss-reactive ketones (excluding diaryl/α,β-unsaturated/α-hetero) is 1. The zero-order chi connectivity index (χ0) is 24.4. The van der Waals surface area contributed by atoms with Crippen molar-refractivity contribution in [3.05, 3.63) is 93.3 Å². The highest BCUT2D eigenvalue weighted by Gasteiger charge is 2.45. The van der Waals surface area contributed by atoms with Crippen molar-refractivity contribution in [2.45, 2.75) is 31.6 Å². The fraction of sp³-hybridized carbons (Fsp3) is 0.308. The zero-order valence-electron chi connectivity index (χ0n) is 19.1. The average Bonchev–Trinajstić information content (AvgIpc) is 2.83. The number of nitrogens with one attached hydrogen (secondary N) is 1. The largest absolute Gasteiger partial charge is 0.497 e. The quantitative estimate of drug-likeness (QED) is 0.385. The molecule has 0 bridgehead atoms. The highest BCUT2D eigenvalue weighted by molar-refractivity contribution is 6.01. The summed E-state index contributed by atoms with van der Waals surface area (Å²) in [6, 6.07) is 13.7. The van der Waals surface area contributed by atoms with Crippen molar-refractivity contribution in [2.75, 3.05) is 13.7 Å². The summed E-state index contributed by atoms with van der Waals surface area (Å²) in [5.41, 5.74) is 2.99. The predicted molar refractivity (Wildman–Crippen MR) is 125 cm³/mol. The molecule has 0 radical (unpaired) electrons. The number of non-ortho nitro benzene ring substituents is 1. The third-order valence-electron chi connectivity index (χ3n) is 6.41. The summed E-state index contributed by atoms with van der Waals surface area (Å²) in [6.45, 7) is 5.93. The highest BCUT2D eigenvalue weighted by atomic mass is 16.6. The van der Waals surface area contributed by atoms with Gasteiger partial charge in [0.25, 0.3) is 5.69 Å². The van der Waals surface area contributed by atoms with E-state index in [4.69, 9.17) is 9.47 Å². The number of ether oxygens (including phenoxy) is 2. The molecular weight excluding hydrogens is 436 g/mol. The van der Waals surface area contributed by atoms with E-state index >= 15 is 0 Å². The number of carbonyl (C=O) groups excluding carboxylic acids is 2. The molecule has 3 atom stereocenters. The van der Waals surface area contributed by atoms with Gasteiger partial charge in [0.1, 0.15) is 11.7 Å². The molecular formula is C26H26N2O6. The molecule has 0 aromatic heterocycles. The second-order valence-electron chi connectivity index (χ2n) is 8.40. The maximum absolute atomic E-state index is 13.5. The Morgan fingerprint density at radius 1 is 1.18 bits per heavy atom. The molecule has 0 amide bonds. The minimum absolute atomic E-state index is 0.0534. The summed E-state index contributed by atoms with van der Waals surface area (Å²) in [5, 5.41) is 14.6. The van der Waals surface area contributed by atoms with Crippen LogP contribution in [0.3, 0.4) is 0 Å². The van der Waals surface area contributed by atoms with Gasteiger partial charge in [0.15, 0.2) is 5.78 Å². The molecule has 0 spiro atoms. The lowest BCUT2D eigenvalue weighted by Crippen LogP contribution is -2.42. The Morgan fingerprint density at radius 3 is 2.56 bits per heavy atom. The maximum Gasteiger partial charge on any atom is 0.315 e. The van der Waals surface area contributed by atoms with Crippen LogP contribution in [-0.4, -0.2) is 30.4 Å². The number of allylic oxidation sites excluding steroid dienone is 2. The molecule has 1 aliphatic heterocycles. The van der Waals surface area contributed by atoms with Crippen molar-refractivity contribution in [3.8, 4) is 5.75 Å². The third kappa shape index (κ3) is 4.31. The number of esters is 1. The molecule has 4 rings (SSSR count). The van der Waals surface area contributed by atoms with Crippen molar-refractivity contribution < 1.29 is 24.0 Å². The lowest BCUT2D eigenvalue weighted by atomic mass is 9.69. The zero-order valence-corrected chi connectivity index (χ0v) is 19.1. The first kappa shape index (κ1) is 23.2. The van der Waals surface area contributed by atoms with E-state index in [1.54, 1.807) is 26.2 Å². The van der Waals surface area contributed by atoms with Crippen LogP contribution in [0, 0.1) is 16.0 Å². The topological polar surface area (TPSA) is 108 Å². The van der Waals surface area contributed by atoms with Crippen LogP contribution in [0.2, 0.25) is 0 Å². The van der Waals surface area contributed by atoms with Crippen LogP contribution >= 0.6 is 0 Å². The highest BCUT2D eigenvalue weighted by Crippen LogP contribution is 2.47. The minimum Gasteiger partial charge on any atom is -0.497 e. The first-order chi connectivity index (χ1) is 16.3. The van der Waals surface area contributed by atoms with Crippen LogP contribution in [0.4, 0.5) is 5.69 Å². The Bertz CT molecular complexity index is 1180. The monoisotopic (exact) mass is 462 g/mol. The Hall–Kier alpha value is -3.94. The van der Waals surface area contributed by atoms with E-state index < -0.39 is 22.7 Å². The van der Waals surface area contributed by atoms with E-state index in [-0.39, 0.29) is 30.4 Å². The van der Waals surface area contributed by atoms with Gasteiger partial charge in [-0.1, -0.05) is 30.8 Å². The second kappa shape index (κ2) is 9.51. The first-order valence-electron chi connectivity index (χ1n) is 11.1. The van der Waals surface area contributed by atoms with Gasteiger partial charge in [0.2, 0.25) is 0 Å². The Labute approximate surface area is 197 Å². The van der Waals surface area contributed by atoms with Crippen molar-refractivity contribution in [1.82, 2.24) is 5.32 Å². The normalized spacial score (nSPS) is 22.0. The van der Waals surface area contributed by atoms with Gasteiger partial charge < -0.3 is 14.8 Å². The van der Waals surface area contributed by atoms with Crippen LogP contribution in [0.5, 0.6) is 5.75 Å². The molecule has 0 saturated carbocycles. The van der Waals surface area contributed by atoms with Crippen molar-refractivity contribution in [2.24, 2.45) is 5.92 Å².